The van der Waals surface area contributed by atoms with Crippen molar-refractivity contribution >= 4 is 5.69 Å². The molecular weight excluding hydrogens is 186 g/mol. The monoisotopic (exact) mass is 207 g/mol. The van der Waals surface area contributed by atoms with Crippen molar-refractivity contribution in [3.8, 4) is 5.75 Å². The molecule has 0 amide bonds. The van der Waals surface area contributed by atoms with Gasteiger partial charge in [-0.15, -0.1) is 0 Å². The van der Waals surface area contributed by atoms with Gasteiger partial charge in [0.05, 0.1) is 6.61 Å². The van der Waals surface area contributed by atoms with Gasteiger partial charge in [0.25, 0.3) is 0 Å². The summed E-state index contributed by atoms with van der Waals surface area (Å²) in [5.74, 6) is 1.61. The molecule has 2 N–H and O–H groups in total. The molecule has 0 atom stereocenters. The van der Waals surface area contributed by atoms with Crippen molar-refractivity contribution in [1.29, 1.82) is 0 Å². The first kappa shape index (κ1) is 11.9. The Morgan fingerprint density at radius 2 is 1.93 bits per heavy atom. The molecule has 84 valence electrons. The number of ether oxygens (including phenoxy) is 1. The van der Waals surface area contributed by atoms with E-state index in [2.05, 4.69) is 13.8 Å². The van der Waals surface area contributed by atoms with Crippen LogP contribution in [-0.4, -0.2) is 6.61 Å². The van der Waals surface area contributed by atoms with Crippen LogP contribution in [-0.2, 0) is 0 Å². The summed E-state index contributed by atoms with van der Waals surface area (Å²) in [5, 5.41) is 0. The zero-order valence-electron chi connectivity index (χ0n) is 9.92. The first-order valence-electron chi connectivity index (χ1n) is 5.66. The molecule has 15 heavy (non-hydrogen) atoms. The highest BCUT2D eigenvalue weighted by Crippen LogP contribution is 2.21. The quantitative estimate of drug-likeness (QED) is 0.751. The van der Waals surface area contributed by atoms with E-state index in [0.717, 1.165) is 23.6 Å². The van der Waals surface area contributed by atoms with Crippen LogP contribution in [0.4, 0.5) is 5.69 Å². The molecule has 0 heterocycles. The smallest absolute Gasteiger partial charge is 0.122 e. The van der Waals surface area contributed by atoms with E-state index in [1.54, 1.807) is 0 Å². The third kappa shape index (κ3) is 3.46. The zero-order chi connectivity index (χ0) is 11.3. The number of nitrogens with two attached hydrogens (primary N) is 1. The Balaban J connectivity index is 2.57. The summed E-state index contributed by atoms with van der Waals surface area (Å²) in [6, 6.07) is 5.78. The second kappa shape index (κ2) is 5.64. The fraction of sp³-hybridized carbons (Fsp3) is 0.538. The molecule has 0 aliphatic heterocycles. The summed E-state index contributed by atoms with van der Waals surface area (Å²) < 4.78 is 5.78. The van der Waals surface area contributed by atoms with Crippen LogP contribution in [0.3, 0.4) is 0 Å². The van der Waals surface area contributed by atoms with Crippen molar-refractivity contribution in [3.05, 3.63) is 23.8 Å². The van der Waals surface area contributed by atoms with Crippen molar-refractivity contribution < 1.29 is 4.74 Å². The highest BCUT2D eigenvalue weighted by Gasteiger charge is 2.05. The number of nitrogen functional groups attached to an aromatic ring is 1. The van der Waals surface area contributed by atoms with E-state index in [-0.39, 0.29) is 0 Å². The van der Waals surface area contributed by atoms with Crippen LogP contribution in [0.5, 0.6) is 5.75 Å². The van der Waals surface area contributed by atoms with Crippen molar-refractivity contribution in [1.82, 2.24) is 0 Å². The molecule has 0 saturated carbocycles. The van der Waals surface area contributed by atoms with Crippen LogP contribution in [0.15, 0.2) is 18.2 Å². The maximum Gasteiger partial charge on any atom is 0.122 e. The Bertz CT molecular complexity index is 305. The van der Waals surface area contributed by atoms with Gasteiger partial charge in [0.15, 0.2) is 0 Å². The van der Waals surface area contributed by atoms with Gasteiger partial charge in [-0.2, -0.15) is 0 Å². The van der Waals surface area contributed by atoms with Crippen LogP contribution >= 0.6 is 0 Å². The van der Waals surface area contributed by atoms with Gasteiger partial charge < -0.3 is 10.5 Å². The van der Waals surface area contributed by atoms with Crippen molar-refractivity contribution in [3.63, 3.8) is 0 Å². The molecule has 1 rings (SSSR count). The molecule has 0 aliphatic rings. The first-order chi connectivity index (χ1) is 7.17. The molecule has 1 aromatic carbocycles. The van der Waals surface area contributed by atoms with E-state index in [1.807, 2.05) is 25.1 Å². The topological polar surface area (TPSA) is 35.2 Å². The van der Waals surface area contributed by atoms with Crippen molar-refractivity contribution in [2.75, 3.05) is 12.3 Å². The lowest BCUT2D eigenvalue weighted by molar-refractivity contribution is 0.239. The van der Waals surface area contributed by atoms with Crippen molar-refractivity contribution in [2.45, 2.75) is 33.6 Å². The average molecular weight is 207 g/mol. The molecule has 0 aromatic heterocycles. The zero-order valence-corrected chi connectivity index (χ0v) is 9.92. The summed E-state index contributed by atoms with van der Waals surface area (Å²) in [7, 11) is 0. The van der Waals surface area contributed by atoms with Crippen LogP contribution < -0.4 is 10.5 Å². The minimum Gasteiger partial charge on any atom is -0.493 e. The lowest BCUT2D eigenvalue weighted by atomic mass is 10.1. The lowest BCUT2D eigenvalue weighted by Crippen LogP contribution is -2.10. The Morgan fingerprint density at radius 3 is 2.47 bits per heavy atom. The molecule has 0 bridgehead atoms. The number of aryl methyl sites for hydroxylation is 1. The fourth-order valence-corrected chi connectivity index (χ4v) is 1.57. The number of hydrogen-bond donors (Lipinski definition) is 1. The molecule has 0 fully saturated rings. The number of anilines is 1. The van der Waals surface area contributed by atoms with Gasteiger partial charge in [0.2, 0.25) is 0 Å². The SMILES string of the molecule is CCC(CC)COc1ccc(N)cc1C. The van der Waals surface area contributed by atoms with E-state index in [1.165, 1.54) is 12.8 Å². The van der Waals surface area contributed by atoms with E-state index < -0.39 is 0 Å². The van der Waals surface area contributed by atoms with Crippen LogP contribution in [0.2, 0.25) is 0 Å². The highest BCUT2D eigenvalue weighted by atomic mass is 16.5. The van der Waals surface area contributed by atoms with Gasteiger partial charge in [0.1, 0.15) is 5.75 Å². The van der Waals surface area contributed by atoms with Gasteiger partial charge in [-0.05, 0) is 36.6 Å². The van der Waals surface area contributed by atoms with E-state index in [0.29, 0.717) is 5.92 Å². The standard InChI is InChI=1S/C13H21NO/c1-4-11(5-2)9-15-13-7-6-12(14)8-10(13)3/h6-8,11H,4-5,9,14H2,1-3H3. The summed E-state index contributed by atoms with van der Waals surface area (Å²) in [6.45, 7) is 7.23. The Labute approximate surface area is 92.4 Å². The molecular formula is C13H21NO. The maximum absolute atomic E-state index is 5.78. The molecule has 0 aliphatic carbocycles. The van der Waals surface area contributed by atoms with Gasteiger partial charge >= 0.3 is 0 Å². The largest absolute Gasteiger partial charge is 0.493 e. The van der Waals surface area contributed by atoms with Gasteiger partial charge in [-0.3, -0.25) is 0 Å². The summed E-state index contributed by atoms with van der Waals surface area (Å²) >= 11 is 0. The molecule has 0 unspecified atom stereocenters. The number of rotatable bonds is 5. The summed E-state index contributed by atoms with van der Waals surface area (Å²) in [6.07, 6.45) is 2.34. The second-order valence-corrected chi connectivity index (χ2v) is 4.02. The minimum atomic E-state index is 0.655. The number of hydrogen-bond acceptors (Lipinski definition) is 2. The molecule has 1 aromatic rings. The average Bonchev–Trinajstić information content (AvgIpc) is 2.22. The second-order valence-electron chi connectivity index (χ2n) is 4.02. The minimum absolute atomic E-state index is 0.655. The summed E-state index contributed by atoms with van der Waals surface area (Å²) in [5.41, 5.74) is 7.59. The van der Waals surface area contributed by atoms with Crippen LogP contribution in [0, 0.1) is 12.8 Å². The molecule has 0 saturated heterocycles. The van der Waals surface area contributed by atoms with Gasteiger partial charge in [0, 0.05) is 5.69 Å². The predicted molar refractivity (Wildman–Crippen MR) is 65.2 cm³/mol. The fourth-order valence-electron chi connectivity index (χ4n) is 1.57. The van der Waals surface area contributed by atoms with Gasteiger partial charge in [-0.25, -0.2) is 0 Å². The summed E-state index contributed by atoms with van der Waals surface area (Å²) in [4.78, 5) is 0. The normalized spacial score (nSPS) is 10.7. The predicted octanol–water partition coefficient (Wildman–Crippen LogP) is 3.39. The number of benzene rings is 1. The van der Waals surface area contributed by atoms with E-state index in [4.69, 9.17) is 10.5 Å². The molecule has 2 nitrogen and oxygen atoms in total. The Morgan fingerprint density at radius 1 is 1.27 bits per heavy atom. The molecule has 2 heteroatoms. The van der Waals surface area contributed by atoms with Crippen molar-refractivity contribution in [2.24, 2.45) is 5.92 Å². The van der Waals surface area contributed by atoms with Gasteiger partial charge in [-0.1, -0.05) is 26.7 Å². The van der Waals surface area contributed by atoms with Crippen LogP contribution in [0.1, 0.15) is 32.3 Å². The first-order valence-corrected chi connectivity index (χ1v) is 5.66. The molecule has 0 spiro atoms. The molecule has 0 radical (unpaired) electrons. The third-order valence-electron chi connectivity index (χ3n) is 2.83. The Hall–Kier alpha value is -1.18. The van der Waals surface area contributed by atoms with Crippen LogP contribution in [0.25, 0.3) is 0 Å². The lowest BCUT2D eigenvalue weighted by Gasteiger charge is -2.15. The maximum atomic E-state index is 5.78. The highest BCUT2D eigenvalue weighted by molar-refractivity contribution is 5.47. The third-order valence-corrected chi connectivity index (χ3v) is 2.83. The van der Waals surface area contributed by atoms with E-state index >= 15 is 0 Å². The Kier molecular flexibility index (Phi) is 4.47. The van der Waals surface area contributed by atoms with E-state index in [9.17, 15) is 0 Å².